The molecule has 2 N–H and O–H groups in total. The van der Waals surface area contributed by atoms with E-state index in [1.165, 1.54) is 18.2 Å². The van der Waals surface area contributed by atoms with Gasteiger partial charge < -0.3 is 20.1 Å². The van der Waals surface area contributed by atoms with Crippen molar-refractivity contribution < 1.29 is 13.9 Å². The van der Waals surface area contributed by atoms with Crippen molar-refractivity contribution in [3.05, 3.63) is 53.3 Å². The first-order valence-corrected chi connectivity index (χ1v) is 8.65. The van der Waals surface area contributed by atoms with E-state index in [4.69, 9.17) is 14.7 Å². The van der Waals surface area contributed by atoms with Crippen molar-refractivity contribution >= 4 is 11.6 Å². The number of benzene rings is 2. The van der Waals surface area contributed by atoms with Gasteiger partial charge >= 0.3 is 0 Å². The Hall–Kier alpha value is -3.27. The van der Waals surface area contributed by atoms with E-state index in [1.807, 2.05) is 32.0 Å². The van der Waals surface area contributed by atoms with Crippen molar-refractivity contribution in [1.29, 1.82) is 5.26 Å². The average Bonchev–Trinajstić information content (AvgIpc) is 2.68. The highest BCUT2D eigenvalue weighted by atomic mass is 19.1. The molecule has 2 aromatic carbocycles. The van der Waals surface area contributed by atoms with Crippen LogP contribution in [0.5, 0.6) is 11.5 Å². The number of hydrogen-bond acceptors (Lipinski definition) is 4. The van der Waals surface area contributed by atoms with Gasteiger partial charge in [-0.2, -0.15) is 5.26 Å². The van der Waals surface area contributed by atoms with Crippen LogP contribution in [0.1, 0.15) is 25.0 Å². The molecule has 0 aliphatic heterocycles. The van der Waals surface area contributed by atoms with Gasteiger partial charge in [0, 0.05) is 23.9 Å². The lowest BCUT2D eigenvalue weighted by atomic mass is 10.1. The SMILES string of the molecule is CCNC(=NCc1cc(C#N)ccc1F)Nc1ccc(OCC)c(OC)c1. The first kappa shape index (κ1) is 20.0. The average molecular weight is 370 g/mol. The van der Waals surface area contributed by atoms with Crippen LogP contribution in [0.25, 0.3) is 0 Å². The Balaban J connectivity index is 2.20. The van der Waals surface area contributed by atoms with Gasteiger partial charge in [0.2, 0.25) is 0 Å². The number of ether oxygens (including phenoxy) is 2. The monoisotopic (exact) mass is 370 g/mol. The number of aliphatic imine (C=N–C) groups is 1. The van der Waals surface area contributed by atoms with Gasteiger partial charge in [-0.3, -0.25) is 0 Å². The number of nitrogens with one attached hydrogen (secondary N) is 2. The van der Waals surface area contributed by atoms with Gasteiger partial charge in [0.1, 0.15) is 5.82 Å². The zero-order valence-corrected chi connectivity index (χ0v) is 15.7. The Bertz CT molecular complexity index is 846. The number of anilines is 1. The third kappa shape index (κ3) is 5.61. The van der Waals surface area contributed by atoms with Gasteiger partial charge in [-0.25, -0.2) is 9.38 Å². The van der Waals surface area contributed by atoms with Crippen molar-refractivity contribution in [3.8, 4) is 17.6 Å². The highest BCUT2D eigenvalue weighted by molar-refractivity contribution is 5.93. The van der Waals surface area contributed by atoms with Crippen LogP contribution in [0, 0.1) is 17.1 Å². The minimum absolute atomic E-state index is 0.102. The normalized spacial score (nSPS) is 10.9. The van der Waals surface area contributed by atoms with Crippen LogP contribution in [0.15, 0.2) is 41.4 Å². The molecule has 0 unspecified atom stereocenters. The standard InChI is InChI=1S/C20H23FN4O2/c1-4-23-20(24-13-15-10-14(12-22)6-8-17(15)21)25-16-7-9-18(27-5-2)19(11-16)26-3/h6-11H,4-5,13H2,1-3H3,(H2,23,24,25). The summed E-state index contributed by atoms with van der Waals surface area (Å²) in [6, 6.07) is 11.7. The molecule has 2 aromatic rings. The molecular formula is C20H23FN4O2. The highest BCUT2D eigenvalue weighted by Gasteiger charge is 2.08. The predicted molar refractivity (Wildman–Crippen MR) is 104 cm³/mol. The molecule has 7 heteroatoms. The summed E-state index contributed by atoms with van der Waals surface area (Å²) >= 11 is 0. The maximum absolute atomic E-state index is 13.9. The number of nitriles is 1. The molecule has 0 saturated heterocycles. The fourth-order valence-corrected chi connectivity index (χ4v) is 2.39. The van der Waals surface area contributed by atoms with Crippen molar-refractivity contribution in [2.24, 2.45) is 4.99 Å². The molecule has 0 atom stereocenters. The molecule has 6 nitrogen and oxygen atoms in total. The second kappa shape index (κ2) is 10.0. The summed E-state index contributed by atoms with van der Waals surface area (Å²) in [7, 11) is 1.58. The molecule has 2 rings (SSSR count). The lowest BCUT2D eigenvalue weighted by molar-refractivity contribution is 0.311. The van der Waals surface area contributed by atoms with Crippen molar-refractivity contribution in [2.45, 2.75) is 20.4 Å². The molecular weight excluding hydrogens is 347 g/mol. The van der Waals surface area contributed by atoms with E-state index in [0.29, 0.717) is 41.7 Å². The second-order valence-corrected chi connectivity index (χ2v) is 5.54. The topological polar surface area (TPSA) is 78.7 Å². The molecule has 0 amide bonds. The van der Waals surface area contributed by atoms with Gasteiger partial charge in [-0.15, -0.1) is 0 Å². The molecule has 0 aliphatic rings. The van der Waals surface area contributed by atoms with Crippen molar-refractivity contribution in [1.82, 2.24) is 5.32 Å². The number of halogens is 1. The van der Waals surface area contributed by atoms with Gasteiger partial charge in [-0.05, 0) is 44.2 Å². The number of rotatable bonds is 7. The van der Waals surface area contributed by atoms with Crippen LogP contribution in [-0.4, -0.2) is 26.2 Å². The minimum atomic E-state index is -0.392. The fraction of sp³-hybridized carbons (Fsp3) is 0.300. The molecule has 0 aromatic heterocycles. The summed E-state index contributed by atoms with van der Waals surface area (Å²) in [5.74, 6) is 1.36. The Morgan fingerprint density at radius 1 is 1.19 bits per heavy atom. The van der Waals surface area contributed by atoms with Crippen LogP contribution in [-0.2, 0) is 6.54 Å². The van der Waals surface area contributed by atoms with Crippen LogP contribution in [0.4, 0.5) is 10.1 Å². The Morgan fingerprint density at radius 3 is 2.67 bits per heavy atom. The summed E-state index contributed by atoms with van der Waals surface area (Å²) in [4.78, 5) is 4.40. The highest BCUT2D eigenvalue weighted by Crippen LogP contribution is 2.30. The molecule has 0 radical (unpaired) electrons. The minimum Gasteiger partial charge on any atom is -0.493 e. The van der Waals surface area contributed by atoms with Gasteiger partial charge in [0.15, 0.2) is 17.5 Å². The van der Waals surface area contributed by atoms with Crippen LogP contribution >= 0.6 is 0 Å². The summed E-state index contributed by atoms with van der Waals surface area (Å²) < 4.78 is 24.8. The van der Waals surface area contributed by atoms with E-state index in [-0.39, 0.29) is 6.54 Å². The molecule has 0 bridgehead atoms. The van der Waals surface area contributed by atoms with E-state index in [0.717, 1.165) is 5.69 Å². The van der Waals surface area contributed by atoms with Crippen LogP contribution in [0.2, 0.25) is 0 Å². The van der Waals surface area contributed by atoms with Crippen molar-refractivity contribution in [3.63, 3.8) is 0 Å². The second-order valence-electron chi connectivity index (χ2n) is 5.54. The van der Waals surface area contributed by atoms with E-state index in [2.05, 4.69) is 15.6 Å². The molecule has 27 heavy (non-hydrogen) atoms. The largest absolute Gasteiger partial charge is 0.493 e. The summed E-state index contributed by atoms with van der Waals surface area (Å²) in [5, 5.41) is 15.2. The number of nitrogens with zero attached hydrogens (tertiary/aromatic N) is 2. The summed E-state index contributed by atoms with van der Waals surface area (Å²) in [6.45, 7) is 5.13. The molecule has 142 valence electrons. The molecule has 0 spiro atoms. The third-order valence-corrected chi connectivity index (χ3v) is 3.65. The zero-order chi connectivity index (χ0) is 19.6. The quantitative estimate of drug-likeness (QED) is 0.574. The summed E-state index contributed by atoms with van der Waals surface area (Å²) in [5.41, 5.74) is 1.51. The zero-order valence-electron chi connectivity index (χ0n) is 15.7. The molecule has 0 fully saturated rings. The van der Waals surface area contributed by atoms with Gasteiger partial charge in [-0.1, -0.05) is 0 Å². The first-order chi connectivity index (χ1) is 13.1. The number of methoxy groups -OCH3 is 1. The third-order valence-electron chi connectivity index (χ3n) is 3.65. The maximum atomic E-state index is 13.9. The van der Waals surface area contributed by atoms with Gasteiger partial charge in [0.05, 0.1) is 31.9 Å². The molecule has 0 aliphatic carbocycles. The molecule has 0 heterocycles. The van der Waals surface area contributed by atoms with Crippen molar-refractivity contribution in [2.75, 3.05) is 25.6 Å². The summed E-state index contributed by atoms with van der Waals surface area (Å²) in [6.07, 6.45) is 0. The first-order valence-electron chi connectivity index (χ1n) is 8.65. The maximum Gasteiger partial charge on any atom is 0.196 e. The lowest BCUT2D eigenvalue weighted by Gasteiger charge is -2.14. The van der Waals surface area contributed by atoms with Crippen LogP contribution < -0.4 is 20.1 Å². The number of hydrogen-bond donors (Lipinski definition) is 2. The Kier molecular flexibility index (Phi) is 7.44. The number of guanidine groups is 1. The molecule has 0 saturated carbocycles. The van der Waals surface area contributed by atoms with E-state index >= 15 is 0 Å². The van der Waals surface area contributed by atoms with E-state index in [9.17, 15) is 4.39 Å². The lowest BCUT2D eigenvalue weighted by Crippen LogP contribution is -2.30. The van der Waals surface area contributed by atoms with E-state index in [1.54, 1.807) is 13.2 Å². The Morgan fingerprint density at radius 2 is 2.00 bits per heavy atom. The Labute approximate surface area is 158 Å². The fourth-order valence-electron chi connectivity index (χ4n) is 2.39. The smallest absolute Gasteiger partial charge is 0.196 e. The van der Waals surface area contributed by atoms with Crippen LogP contribution in [0.3, 0.4) is 0 Å². The predicted octanol–water partition coefficient (Wildman–Crippen LogP) is 3.68. The van der Waals surface area contributed by atoms with E-state index < -0.39 is 5.82 Å². The van der Waals surface area contributed by atoms with Gasteiger partial charge in [0.25, 0.3) is 0 Å².